The molecule has 1 aliphatic rings. The third-order valence-corrected chi connectivity index (χ3v) is 6.39. The smallest absolute Gasteiger partial charge is 0.300 e. The highest BCUT2D eigenvalue weighted by atomic mass is 35.5. The van der Waals surface area contributed by atoms with Crippen LogP contribution in [0.25, 0.3) is 16.5 Å². The highest BCUT2D eigenvalue weighted by Gasteiger charge is 2.47. The molecule has 4 aromatic rings. The summed E-state index contributed by atoms with van der Waals surface area (Å²) < 4.78 is 19.1. The zero-order valence-corrected chi connectivity index (χ0v) is 19.3. The number of methoxy groups -OCH3 is 1. The summed E-state index contributed by atoms with van der Waals surface area (Å²) in [5.41, 5.74) is 1.15. The van der Waals surface area contributed by atoms with Gasteiger partial charge in [0, 0.05) is 11.3 Å². The number of ketones is 1. The first-order valence-corrected chi connectivity index (χ1v) is 11.2. The molecule has 1 N–H and O–H groups in total. The number of anilines is 1. The zero-order chi connectivity index (χ0) is 24.7. The summed E-state index contributed by atoms with van der Waals surface area (Å²) in [7, 11) is 1.53. The lowest BCUT2D eigenvalue weighted by Gasteiger charge is -2.26. The van der Waals surface area contributed by atoms with Crippen LogP contribution in [0.15, 0.2) is 90.5 Å². The Kier molecular flexibility index (Phi) is 5.75. The Balaban J connectivity index is 1.77. The molecule has 35 heavy (non-hydrogen) atoms. The van der Waals surface area contributed by atoms with Crippen molar-refractivity contribution in [3.8, 4) is 5.75 Å². The van der Waals surface area contributed by atoms with Gasteiger partial charge in [0.15, 0.2) is 0 Å². The zero-order valence-electron chi connectivity index (χ0n) is 18.5. The third kappa shape index (κ3) is 3.82. The summed E-state index contributed by atoms with van der Waals surface area (Å²) in [5.74, 6) is -2.06. The quantitative estimate of drug-likeness (QED) is 0.209. The molecule has 0 spiro atoms. The van der Waals surface area contributed by atoms with Gasteiger partial charge in [-0.25, -0.2) is 4.39 Å². The van der Waals surface area contributed by atoms with Crippen molar-refractivity contribution >= 4 is 45.5 Å². The second kappa shape index (κ2) is 8.89. The number of Topliss-reactive ketones (excluding diaryl/α,β-unsaturated/α-hetero) is 1. The number of aliphatic hydroxyl groups excluding tert-OH is 1. The average molecular weight is 488 g/mol. The van der Waals surface area contributed by atoms with Crippen LogP contribution >= 0.6 is 11.6 Å². The highest BCUT2D eigenvalue weighted by Crippen LogP contribution is 2.43. The Labute approximate surface area is 205 Å². The van der Waals surface area contributed by atoms with E-state index in [2.05, 4.69) is 0 Å². The fourth-order valence-electron chi connectivity index (χ4n) is 4.41. The molecule has 1 unspecified atom stereocenters. The highest BCUT2D eigenvalue weighted by molar-refractivity contribution is 6.52. The van der Waals surface area contributed by atoms with Gasteiger partial charge in [-0.1, -0.05) is 66.2 Å². The topological polar surface area (TPSA) is 66.8 Å². The molecule has 7 heteroatoms. The molecule has 1 saturated heterocycles. The maximum absolute atomic E-state index is 13.9. The molecule has 0 saturated carbocycles. The number of hydrogen-bond acceptors (Lipinski definition) is 4. The molecule has 1 aliphatic heterocycles. The van der Waals surface area contributed by atoms with E-state index in [4.69, 9.17) is 16.3 Å². The Morgan fingerprint density at radius 3 is 2.40 bits per heavy atom. The molecule has 5 rings (SSSR count). The van der Waals surface area contributed by atoms with Crippen LogP contribution in [0.1, 0.15) is 17.2 Å². The molecule has 1 heterocycles. The summed E-state index contributed by atoms with van der Waals surface area (Å²) in [6.45, 7) is 0. The lowest BCUT2D eigenvalue weighted by molar-refractivity contribution is -0.132. The first-order chi connectivity index (χ1) is 16.9. The summed E-state index contributed by atoms with van der Waals surface area (Å²) in [4.78, 5) is 27.9. The first-order valence-electron chi connectivity index (χ1n) is 10.8. The van der Waals surface area contributed by atoms with E-state index in [9.17, 15) is 19.1 Å². The van der Waals surface area contributed by atoms with Crippen LogP contribution in [0, 0.1) is 5.82 Å². The fraction of sp³-hybridized carbons (Fsp3) is 0.0714. The van der Waals surface area contributed by atoms with Gasteiger partial charge in [-0.15, -0.1) is 0 Å². The molecule has 5 nitrogen and oxygen atoms in total. The fourth-order valence-corrected chi connectivity index (χ4v) is 4.59. The van der Waals surface area contributed by atoms with E-state index >= 15 is 0 Å². The molecule has 0 aromatic heterocycles. The van der Waals surface area contributed by atoms with Gasteiger partial charge in [-0.05, 0) is 46.7 Å². The van der Waals surface area contributed by atoms with Crippen molar-refractivity contribution in [2.24, 2.45) is 0 Å². The minimum atomic E-state index is -0.971. The molecule has 0 radical (unpaired) electrons. The van der Waals surface area contributed by atoms with E-state index in [0.29, 0.717) is 16.9 Å². The Bertz CT molecular complexity index is 1510. The molecular formula is C28H19ClFNO4. The van der Waals surface area contributed by atoms with Crippen LogP contribution in [0.3, 0.4) is 0 Å². The second-order valence-electron chi connectivity index (χ2n) is 8.07. The number of amides is 1. The maximum Gasteiger partial charge on any atom is 0.300 e. The van der Waals surface area contributed by atoms with Gasteiger partial charge in [0.2, 0.25) is 0 Å². The van der Waals surface area contributed by atoms with E-state index < -0.39 is 23.5 Å². The largest absolute Gasteiger partial charge is 0.507 e. The number of carbonyl (C=O) groups excluding carboxylic acids is 2. The summed E-state index contributed by atoms with van der Waals surface area (Å²) in [5, 5.41) is 12.9. The normalized spacial score (nSPS) is 17.2. The van der Waals surface area contributed by atoms with E-state index in [0.717, 1.165) is 16.8 Å². The third-order valence-electron chi connectivity index (χ3n) is 6.10. The van der Waals surface area contributed by atoms with Crippen LogP contribution in [0.5, 0.6) is 5.75 Å². The van der Waals surface area contributed by atoms with Gasteiger partial charge < -0.3 is 9.84 Å². The number of aliphatic hydroxyl groups is 1. The van der Waals surface area contributed by atoms with Crippen molar-refractivity contribution in [2.45, 2.75) is 6.04 Å². The van der Waals surface area contributed by atoms with Crippen molar-refractivity contribution in [3.05, 3.63) is 112 Å². The Morgan fingerprint density at radius 1 is 0.971 bits per heavy atom. The van der Waals surface area contributed by atoms with E-state index in [1.54, 1.807) is 36.4 Å². The maximum atomic E-state index is 13.9. The Hall–Kier alpha value is -4.16. The Morgan fingerprint density at radius 2 is 1.69 bits per heavy atom. The van der Waals surface area contributed by atoms with Crippen molar-refractivity contribution in [1.29, 1.82) is 0 Å². The molecule has 0 bridgehead atoms. The SMILES string of the molecule is COc1ccc(C2/C(=C(/O)c3cccc4ccccc34)C(=O)C(=O)N2c2ccc(F)c(Cl)c2)cc1. The molecule has 1 amide bonds. The monoisotopic (exact) mass is 487 g/mol. The lowest BCUT2D eigenvalue weighted by Crippen LogP contribution is -2.29. The predicted octanol–water partition coefficient (Wildman–Crippen LogP) is 6.27. The van der Waals surface area contributed by atoms with Gasteiger partial charge in [-0.3, -0.25) is 14.5 Å². The van der Waals surface area contributed by atoms with Gasteiger partial charge in [-0.2, -0.15) is 0 Å². The van der Waals surface area contributed by atoms with Gasteiger partial charge >= 0.3 is 0 Å². The average Bonchev–Trinajstić information content (AvgIpc) is 3.15. The predicted molar refractivity (Wildman–Crippen MR) is 133 cm³/mol. The first kappa shape index (κ1) is 22.6. The number of ether oxygens (including phenoxy) is 1. The number of carbonyl (C=O) groups is 2. The van der Waals surface area contributed by atoms with Gasteiger partial charge in [0.1, 0.15) is 17.3 Å². The van der Waals surface area contributed by atoms with Crippen LogP contribution < -0.4 is 9.64 Å². The lowest BCUT2D eigenvalue weighted by atomic mass is 9.93. The van der Waals surface area contributed by atoms with Crippen molar-refractivity contribution in [3.63, 3.8) is 0 Å². The van der Waals surface area contributed by atoms with E-state index in [1.807, 2.05) is 30.3 Å². The molecule has 0 aliphatic carbocycles. The minimum Gasteiger partial charge on any atom is -0.507 e. The van der Waals surface area contributed by atoms with E-state index in [-0.39, 0.29) is 22.0 Å². The molecular weight excluding hydrogens is 469 g/mol. The molecule has 1 fully saturated rings. The molecule has 1 atom stereocenters. The number of halogens is 2. The van der Waals surface area contributed by atoms with Crippen LogP contribution in [0.4, 0.5) is 10.1 Å². The summed E-state index contributed by atoms with van der Waals surface area (Å²) in [6.07, 6.45) is 0. The van der Waals surface area contributed by atoms with Crippen LogP contribution in [-0.4, -0.2) is 23.9 Å². The van der Waals surface area contributed by atoms with E-state index in [1.165, 1.54) is 24.1 Å². The summed E-state index contributed by atoms with van der Waals surface area (Å²) in [6, 6.07) is 22.5. The van der Waals surface area contributed by atoms with Crippen molar-refractivity contribution in [2.75, 3.05) is 12.0 Å². The number of fused-ring (bicyclic) bond motifs is 1. The van der Waals surface area contributed by atoms with Crippen molar-refractivity contribution in [1.82, 2.24) is 0 Å². The minimum absolute atomic E-state index is 0.0723. The second-order valence-corrected chi connectivity index (χ2v) is 8.47. The van der Waals surface area contributed by atoms with Crippen LogP contribution in [0.2, 0.25) is 5.02 Å². The standard InChI is InChI=1S/C28H19ClFNO4/c1-35-19-12-9-17(10-13-19)25-24(26(32)21-8-4-6-16-5-2-3-7-20(16)21)27(33)28(34)31(25)18-11-14-23(30)22(29)15-18/h2-15,25,32H,1H3/b26-24-. The number of hydrogen-bond donors (Lipinski definition) is 1. The number of nitrogens with zero attached hydrogens (tertiary/aromatic N) is 1. The number of benzene rings is 4. The number of rotatable bonds is 4. The van der Waals surface area contributed by atoms with Crippen LogP contribution in [-0.2, 0) is 9.59 Å². The van der Waals surface area contributed by atoms with Gasteiger partial charge in [0.25, 0.3) is 11.7 Å². The molecule has 4 aromatic carbocycles. The van der Waals surface area contributed by atoms with Gasteiger partial charge in [0.05, 0.1) is 23.7 Å². The van der Waals surface area contributed by atoms with Crippen molar-refractivity contribution < 1.29 is 23.8 Å². The molecule has 174 valence electrons. The summed E-state index contributed by atoms with van der Waals surface area (Å²) >= 11 is 5.99.